The van der Waals surface area contributed by atoms with Crippen LogP contribution in [0.15, 0.2) is 17.2 Å². The minimum Gasteiger partial charge on any atom is -0.363 e. The Hall–Kier alpha value is -0.850. The monoisotopic (exact) mass is 257 g/mol. The molecule has 1 heterocycles. The lowest BCUT2D eigenvalue weighted by atomic mass is 9.96. The fraction of sp³-hybridized carbons (Fsp3) is 0.636. The molecular weight excluding hydrogens is 238 g/mol. The standard InChI is InChI=1S/C11H19N3O2S/c12-7-10-6-11(8-13-10)17(15,16)14-9-4-2-1-3-5-9/h6,8-9,13-14H,1-5,7,12H2. The van der Waals surface area contributed by atoms with Crippen molar-refractivity contribution in [3.8, 4) is 0 Å². The number of nitrogens with two attached hydrogens (primary N) is 1. The average Bonchev–Trinajstić information content (AvgIpc) is 2.79. The SMILES string of the molecule is NCc1cc(S(=O)(=O)NC2CCCCC2)c[nH]1. The Kier molecular flexibility index (Phi) is 3.86. The van der Waals surface area contributed by atoms with Crippen LogP contribution in [0.5, 0.6) is 0 Å². The van der Waals surface area contributed by atoms with Crippen LogP contribution in [0.4, 0.5) is 0 Å². The zero-order valence-electron chi connectivity index (χ0n) is 9.78. The number of H-pyrrole nitrogens is 1. The summed E-state index contributed by atoms with van der Waals surface area (Å²) in [6, 6.07) is 1.68. The molecule has 0 unspecified atom stereocenters. The molecule has 96 valence electrons. The Morgan fingerprint density at radius 3 is 2.65 bits per heavy atom. The predicted octanol–water partition coefficient (Wildman–Crippen LogP) is 1.08. The fourth-order valence-corrected chi connectivity index (χ4v) is 3.52. The lowest BCUT2D eigenvalue weighted by Gasteiger charge is -2.22. The van der Waals surface area contributed by atoms with E-state index in [-0.39, 0.29) is 10.9 Å². The smallest absolute Gasteiger partial charge is 0.242 e. The molecule has 0 spiro atoms. The fourth-order valence-electron chi connectivity index (χ4n) is 2.20. The number of rotatable bonds is 4. The molecule has 0 amide bonds. The van der Waals surface area contributed by atoms with Gasteiger partial charge in [0.1, 0.15) is 0 Å². The maximum atomic E-state index is 12.1. The van der Waals surface area contributed by atoms with E-state index in [9.17, 15) is 8.42 Å². The molecule has 1 aliphatic carbocycles. The second-order valence-electron chi connectivity index (χ2n) is 4.52. The van der Waals surface area contributed by atoms with E-state index in [4.69, 9.17) is 5.73 Å². The molecular formula is C11H19N3O2S. The molecule has 5 nitrogen and oxygen atoms in total. The van der Waals surface area contributed by atoms with Gasteiger partial charge >= 0.3 is 0 Å². The van der Waals surface area contributed by atoms with Crippen molar-refractivity contribution < 1.29 is 8.42 Å². The van der Waals surface area contributed by atoms with Gasteiger partial charge in [0.05, 0.1) is 4.90 Å². The average molecular weight is 257 g/mol. The maximum Gasteiger partial charge on any atom is 0.242 e. The minimum absolute atomic E-state index is 0.0879. The van der Waals surface area contributed by atoms with E-state index in [1.807, 2.05) is 0 Å². The van der Waals surface area contributed by atoms with Gasteiger partial charge in [0.15, 0.2) is 0 Å². The third-order valence-corrected chi connectivity index (χ3v) is 4.67. The van der Waals surface area contributed by atoms with Crippen LogP contribution in [0.3, 0.4) is 0 Å². The van der Waals surface area contributed by atoms with Gasteiger partial charge in [-0.3, -0.25) is 0 Å². The van der Waals surface area contributed by atoms with E-state index in [0.717, 1.165) is 31.4 Å². The molecule has 0 bridgehead atoms. The van der Waals surface area contributed by atoms with Gasteiger partial charge in [-0.15, -0.1) is 0 Å². The molecule has 4 N–H and O–H groups in total. The third-order valence-electron chi connectivity index (χ3n) is 3.17. The largest absolute Gasteiger partial charge is 0.363 e. The first-order chi connectivity index (χ1) is 8.12. The summed E-state index contributed by atoms with van der Waals surface area (Å²) in [5, 5.41) is 0. The van der Waals surface area contributed by atoms with Crippen LogP contribution >= 0.6 is 0 Å². The predicted molar refractivity (Wildman–Crippen MR) is 65.9 cm³/mol. The molecule has 0 aromatic carbocycles. The van der Waals surface area contributed by atoms with Crippen molar-refractivity contribution in [1.82, 2.24) is 9.71 Å². The summed E-state index contributed by atoms with van der Waals surface area (Å²) in [6.45, 7) is 0.318. The second-order valence-corrected chi connectivity index (χ2v) is 6.23. The highest BCUT2D eigenvalue weighted by molar-refractivity contribution is 7.89. The summed E-state index contributed by atoms with van der Waals surface area (Å²) in [4.78, 5) is 3.14. The first-order valence-corrected chi connectivity index (χ1v) is 7.50. The van der Waals surface area contributed by atoms with Crippen LogP contribution in [0.25, 0.3) is 0 Å². The van der Waals surface area contributed by atoms with Gasteiger partial charge in [-0.05, 0) is 18.9 Å². The maximum absolute atomic E-state index is 12.1. The van der Waals surface area contributed by atoms with Gasteiger partial charge in [0, 0.05) is 24.5 Å². The third kappa shape index (κ3) is 3.08. The molecule has 0 atom stereocenters. The molecule has 1 fully saturated rings. The summed E-state index contributed by atoms with van der Waals surface area (Å²) < 4.78 is 26.9. The van der Waals surface area contributed by atoms with Crippen molar-refractivity contribution in [2.75, 3.05) is 0 Å². The van der Waals surface area contributed by atoms with Crippen LogP contribution in [0, 0.1) is 0 Å². The Balaban J connectivity index is 2.07. The zero-order valence-corrected chi connectivity index (χ0v) is 10.6. The van der Waals surface area contributed by atoms with Crippen molar-refractivity contribution in [2.24, 2.45) is 5.73 Å². The Morgan fingerprint density at radius 2 is 2.06 bits per heavy atom. The van der Waals surface area contributed by atoms with Crippen LogP contribution in [0.1, 0.15) is 37.8 Å². The van der Waals surface area contributed by atoms with E-state index < -0.39 is 10.0 Å². The second kappa shape index (κ2) is 5.20. The van der Waals surface area contributed by atoms with Crippen molar-refractivity contribution in [3.63, 3.8) is 0 Å². The molecule has 17 heavy (non-hydrogen) atoms. The van der Waals surface area contributed by atoms with Crippen molar-refractivity contribution in [1.29, 1.82) is 0 Å². The first kappa shape index (κ1) is 12.6. The normalized spacial score (nSPS) is 18.4. The summed E-state index contributed by atoms with van der Waals surface area (Å²) in [5.41, 5.74) is 6.17. The van der Waals surface area contributed by atoms with Crippen molar-refractivity contribution >= 4 is 10.0 Å². The highest BCUT2D eigenvalue weighted by Crippen LogP contribution is 2.20. The lowest BCUT2D eigenvalue weighted by molar-refractivity contribution is 0.412. The molecule has 0 aliphatic heterocycles. The van der Waals surface area contributed by atoms with E-state index in [0.29, 0.717) is 6.54 Å². The highest BCUT2D eigenvalue weighted by atomic mass is 32.2. The van der Waals surface area contributed by atoms with Crippen LogP contribution in [-0.2, 0) is 16.6 Å². The van der Waals surface area contributed by atoms with Gasteiger partial charge < -0.3 is 10.7 Å². The van der Waals surface area contributed by atoms with Crippen LogP contribution in [-0.4, -0.2) is 19.4 Å². The van der Waals surface area contributed by atoms with Gasteiger partial charge in [0.25, 0.3) is 0 Å². The zero-order chi connectivity index (χ0) is 12.3. The summed E-state index contributed by atoms with van der Waals surface area (Å²) >= 11 is 0. The number of sulfonamides is 1. The Morgan fingerprint density at radius 1 is 1.35 bits per heavy atom. The number of hydrogen-bond acceptors (Lipinski definition) is 3. The van der Waals surface area contributed by atoms with Gasteiger partial charge in [0.2, 0.25) is 10.0 Å². The van der Waals surface area contributed by atoms with Crippen molar-refractivity contribution in [2.45, 2.75) is 49.6 Å². The Bertz CT molecular complexity index is 461. The summed E-state index contributed by atoms with van der Waals surface area (Å²) in [5.74, 6) is 0. The van der Waals surface area contributed by atoms with Gasteiger partial charge in [-0.25, -0.2) is 13.1 Å². The quantitative estimate of drug-likeness (QED) is 0.754. The molecule has 1 aliphatic rings. The van der Waals surface area contributed by atoms with Gasteiger partial charge in [-0.1, -0.05) is 19.3 Å². The van der Waals surface area contributed by atoms with Crippen molar-refractivity contribution in [3.05, 3.63) is 18.0 Å². The van der Waals surface area contributed by atoms with Crippen LogP contribution < -0.4 is 10.5 Å². The van der Waals surface area contributed by atoms with E-state index in [1.54, 1.807) is 6.07 Å². The Labute approximate surface area is 102 Å². The summed E-state index contributed by atoms with van der Waals surface area (Å²) in [7, 11) is -3.39. The van der Waals surface area contributed by atoms with E-state index in [2.05, 4.69) is 9.71 Å². The minimum atomic E-state index is -3.39. The number of aromatic nitrogens is 1. The van der Waals surface area contributed by atoms with E-state index >= 15 is 0 Å². The molecule has 0 radical (unpaired) electrons. The van der Waals surface area contributed by atoms with Crippen LogP contribution in [0.2, 0.25) is 0 Å². The molecule has 1 aromatic rings. The number of aromatic amines is 1. The van der Waals surface area contributed by atoms with E-state index in [1.165, 1.54) is 12.6 Å². The molecule has 1 saturated carbocycles. The highest BCUT2D eigenvalue weighted by Gasteiger charge is 2.22. The van der Waals surface area contributed by atoms with Gasteiger partial charge in [-0.2, -0.15) is 0 Å². The molecule has 0 saturated heterocycles. The molecule has 1 aromatic heterocycles. The number of nitrogens with one attached hydrogen (secondary N) is 2. The lowest BCUT2D eigenvalue weighted by Crippen LogP contribution is -2.35. The molecule has 6 heteroatoms. The topological polar surface area (TPSA) is 88.0 Å². The first-order valence-electron chi connectivity index (χ1n) is 6.01. The number of hydrogen-bond donors (Lipinski definition) is 3. The summed E-state index contributed by atoms with van der Waals surface area (Å²) in [6.07, 6.45) is 6.79. The molecule has 2 rings (SSSR count).